The summed E-state index contributed by atoms with van der Waals surface area (Å²) >= 11 is 6.01. The number of hydrogen-bond donors (Lipinski definition) is 2. The minimum absolute atomic E-state index is 0.0560. The molecule has 1 amide bonds. The van der Waals surface area contributed by atoms with Gasteiger partial charge in [-0.3, -0.25) is 4.79 Å². The van der Waals surface area contributed by atoms with Gasteiger partial charge in [0.15, 0.2) is 0 Å². The number of likely N-dealkylation sites (tertiary alicyclic amines) is 1. The number of carbonyl (C=O) groups excluding carboxylic acids is 1. The molecule has 4 nitrogen and oxygen atoms in total. The Bertz CT molecular complexity index is 644. The number of amides is 1. The van der Waals surface area contributed by atoms with Crippen LogP contribution in [0.15, 0.2) is 18.2 Å². The van der Waals surface area contributed by atoms with Crippen molar-refractivity contribution < 1.29 is 18.0 Å². The summed E-state index contributed by atoms with van der Waals surface area (Å²) in [5, 5.41) is 6.03. The molecule has 0 spiro atoms. The first kappa shape index (κ1) is 21.8. The van der Waals surface area contributed by atoms with Crippen LogP contribution in [-0.2, 0) is 11.0 Å². The van der Waals surface area contributed by atoms with Gasteiger partial charge in [0.05, 0.1) is 16.3 Å². The fourth-order valence-electron chi connectivity index (χ4n) is 3.20. The number of halogens is 4. The minimum atomic E-state index is -4.45. The van der Waals surface area contributed by atoms with E-state index in [0.29, 0.717) is 5.69 Å². The molecule has 1 heterocycles. The molecule has 152 valence electrons. The summed E-state index contributed by atoms with van der Waals surface area (Å²) in [4.78, 5) is 15.1. The maximum Gasteiger partial charge on any atom is 0.416 e. The van der Waals surface area contributed by atoms with Gasteiger partial charge in [-0.05, 0) is 43.5 Å². The highest BCUT2D eigenvalue weighted by atomic mass is 35.5. The second-order valence-corrected chi connectivity index (χ2v) is 7.68. The van der Waals surface area contributed by atoms with Gasteiger partial charge in [0.1, 0.15) is 6.04 Å². The zero-order valence-electron chi connectivity index (χ0n) is 15.9. The van der Waals surface area contributed by atoms with E-state index < -0.39 is 17.8 Å². The van der Waals surface area contributed by atoms with Gasteiger partial charge in [-0.25, -0.2) is 0 Å². The number of nitrogens with one attached hydrogen (secondary N) is 2. The molecular weight excluding hydrogens is 379 g/mol. The molecule has 1 atom stereocenters. The normalized spacial score (nSPS) is 17.8. The molecule has 1 aromatic carbocycles. The summed E-state index contributed by atoms with van der Waals surface area (Å²) < 4.78 is 38.4. The summed E-state index contributed by atoms with van der Waals surface area (Å²) in [6, 6.07) is 2.65. The van der Waals surface area contributed by atoms with Crippen molar-refractivity contribution in [2.75, 3.05) is 25.0 Å². The molecule has 0 aliphatic carbocycles. The van der Waals surface area contributed by atoms with Crippen molar-refractivity contribution in [3.05, 3.63) is 28.8 Å². The van der Waals surface area contributed by atoms with E-state index in [1.807, 2.05) is 13.8 Å². The van der Waals surface area contributed by atoms with E-state index in [1.165, 1.54) is 6.07 Å². The second kappa shape index (κ2) is 9.15. The molecule has 2 rings (SSSR count). The Hall–Kier alpha value is -1.47. The Morgan fingerprint density at radius 1 is 1.30 bits per heavy atom. The number of benzene rings is 1. The topological polar surface area (TPSA) is 44.4 Å². The lowest BCUT2D eigenvalue weighted by atomic mass is 10.00. The third-order valence-corrected chi connectivity index (χ3v) is 5.25. The number of anilines is 1. The van der Waals surface area contributed by atoms with Gasteiger partial charge in [-0.2, -0.15) is 13.2 Å². The largest absolute Gasteiger partial charge is 0.416 e. The molecule has 1 aliphatic rings. The van der Waals surface area contributed by atoms with Crippen LogP contribution in [0.4, 0.5) is 18.9 Å². The highest BCUT2D eigenvalue weighted by molar-refractivity contribution is 6.33. The first-order chi connectivity index (χ1) is 12.6. The molecule has 2 N–H and O–H groups in total. The van der Waals surface area contributed by atoms with E-state index >= 15 is 0 Å². The standard InChI is InChI=1S/C19H27ClF3N3O/c1-4-26-9-7-14(8-10-26)24-18(27)17(12(2)3)25-16-6-5-13(11-15(16)20)19(21,22)23/h5-6,11-12,14,17,25H,4,7-10H2,1-3H3,(H,24,27)/t17-/m0/s1. The first-order valence-electron chi connectivity index (χ1n) is 9.27. The van der Waals surface area contributed by atoms with Gasteiger partial charge in [-0.1, -0.05) is 32.4 Å². The lowest BCUT2D eigenvalue weighted by molar-refractivity contribution is -0.137. The van der Waals surface area contributed by atoms with Crippen LogP contribution < -0.4 is 10.6 Å². The zero-order chi connectivity index (χ0) is 20.2. The van der Waals surface area contributed by atoms with Crippen LogP contribution in [0.1, 0.15) is 39.2 Å². The first-order valence-corrected chi connectivity index (χ1v) is 9.65. The van der Waals surface area contributed by atoms with Gasteiger partial charge >= 0.3 is 6.18 Å². The number of alkyl halides is 3. The molecule has 1 aliphatic heterocycles. The number of rotatable bonds is 6. The molecule has 27 heavy (non-hydrogen) atoms. The third-order valence-electron chi connectivity index (χ3n) is 4.94. The van der Waals surface area contributed by atoms with Crippen LogP contribution in [0.5, 0.6) is 0 Å². The van der Waals surface area contributed by atoms with Crippen LogP contribution in [0, 0.1) is 5.92 Å². The van der Waals surface area contributed by atoms with Crippen LogP contribution >= 0.6 is 11.6 Å². The smallest absolute Gasteiger partial charge is 0.372 e. The predicted octanol–water partition coefficient (Wildman–Crippen LogP) is 4.40. The molecule has 0 saturated carbocycles. The lowest BCUT2D eigenvalue weighted by Crippen LogP contribution is -2.50. The Balaban J connectivity index is 2.04. The minimum Gasteiger partial charge on any atom is -0.372 e. The highest BCUT2D eigenvalue weighted by Crippen LogP contribution is 2.34. The van der Waals surface area contributed by atoms with Gasteiger partial charge in [-0.15, -0.1) is 0 Å². The second-order valence-electron chi connectivity index (χ2n) is 7.28. The number of nitrogens with zero attached hydrogens (tertiary/aromatic N) is 1. The van der Waals surface area contributed by atoms with Crippen molar-refractivity contribution in [1.82, 2.24) is 10.2 Å². The average molecular weight is 406 g/mol. The van der Waals surface area contributed by atoms with Crippen molar-refractivity contribution in [3.63, 3.8) is 0 Å². The summed E-state index contributed by atoms with van der Waals surface area (Å²) in [6.45, 7) is 8.79. The van der Waals surface area contributed by atoms with E-state index in [9.17, 15) is 18.0 Å². The van der Waals surface area contributed by atoms with Gasteiger partial charge in [0.25, 0.3) is 0 Å². The van der Waals surface area contributed by atoms with Gasteiger partial charge in [0, 0.05) is 19.1 Å². The molecule has 0 radical (unpaired) electrons. The van der Waals surface area contributed by atoms with E-state index in [1.54, 1.807) is 0 Å². The molecule has 0 unspecified atom stereocenters. The van der Waals surface area contributed by atoms with Gasteiger partial charge < -0.3 is 15.5 Å². The molecule has 1 fully saturated rings. The molecule has 1 saturated heterocycles. The van der Waals surface area contributed by atoms with Crippen molar-refractivity contribution >= 4 is 23.2 Å². The molecule has 0 aromatic heterocycles. The lowest BCUT2D eigenvalue weighted by Gasteiger charge is -2.33. The third kappa shape index (κ3) is 6.01. The number of carbonyl (C=O) groups is 1. The van der Waals surface area contributed by atoms with Crippen LogP contribution in [0.25, 0.3) is 0 Å². The van der Waals surface area contributed by atoms with Crippen LogP contribution in [0.2, 0.25) is 5.02 Å². The Kier molecular flexibility index (Phi) is 7.40. The fraction of sp³-hybridized carbons (Fsp3) is 0.632. The SMILES string of the molecule is CCN1CCC(NC(=O)[C@@H](Nc2ccc(C(F)(F)F)cc2Cl)C(C)C)CC1. The molecule has 1 aromatic rings. The number of hydrogen-bond acceptors (Lipinski definition) is 3. The summed E-state index contributed by atoms with van der Waals surface area (Å²) in [5.74, 6) is -0.213. The maximum absolute atomic E-state index is 12.8. The summed E-state index contributed by atoms with van der Waals surface area (Å²) in [5.41, 5.74) is -0.495. The fourth-order valence-corrected chi connectivity index (χ4v) is 3.43. The monoisotopic (exact) mass is 405 g/mol. The maximum atomic E-state index is 12.8. The van der Waals surface area contributed by atoms with E-state index in [0.717, 1.165) is 44.6 Å². The summed E-state index contributed by atoms with van der Waals surface area (Å²) in [6.07, 6.45) is -2.67. The Labute approximate surface area is 163 Å². The zero-order valence-corrected chi connectivity index (χ0v) is 16.6. The average Bonchev–Trinajstić information content (AvgIpc) is 2.60. The highest BCUT2D eigenvalue weighted by Gasteiger charge is 2.32. The quantitative estimate of drug-likeness (QED) is 0.737. The van der Waals surface area contributed by atoms with Crippen molar-refractivity contribution in [1.29, 1.82) is 0 Å². The van der Waals surface area contributed by atoms with Crippen molar-refractivity contribution in [3.8, 4) is 0 Å². The Morgan fingerprint density at radius 3 is 2.41 bits per heavy atom. The molecule has 8 heteroatoms. The van der Waals surface area contributed by atoms with E-state index in [-0.39, 0.29) is 22.9 Å². The van der Waals surface area contributed by atoms with Crippen molar-refractivity contribution in [2.24, 2.45) is 5.92 Å². The van der Waals surface area contributed by atoms with E-state index in [4.69, 9.17) is 11.6 Å². The van der Waals surface area contributed by atoms with Crippen molar-refractivity contribution in [2.45, 2.75) is 51.9 Å². The van der Waals surface area contributed by atoms with Gasteiger partial charge in [0.2, 0.25) is 5.91 Å². The van der Waals surface area contributed by atoms with Crippen LogP contribution in [-0.4, -0.2) is 42.5 Å². The van der Waals surface area contributed by atoms with Crippen LogP contribution in [0.3, 0.4) is 0 Å². The predicted molar refractivity (Wildman–Crippen MR) is 102 cm³/mol. The number of piperidine rings is 1. The summed E-state index contributed by atoms with van der Waals surface area (Å²) in [7, 11) is 0. The van der Waals surface area contributed by atoms with E-state index in [2.05, 4.69) is 22.5 Å². The molecule has 0 bridgehead atoms. The Morgan fingerprint density at radius 2 is 1.93 bits per heavy atom. The molecular formula is C19H27ClF3N3O.